The first-order chi connectivity index (χ1) is 14.3. The van der Waals surface area contributed by atoms with E-state index in [2.05, 4.69) is 36.1 Å². The number of anilines is 2. The number of hydrogen-bond donors (Lipinski definition) is 6. The zero-order chi connectivity index (χ0) is 21.3. The molecule has 30 heavy (non-hydrogen) atoms. The van der Waals surface area contributed by atoms with E-state index in [1.54, 1.807) is 19.1 Å². The summed E-state index contributed by atoms with van der Waals surface area (Å²) >= 11 is 0. The summed E-state index contributed by atoms with van der Waals surface area (Å²) in [5.74, 6) is 0.762. The highest BCUT2D eigenvalue weighted by Crippen LogP contribution is 2.18. The molecule has 4 rings (SSSR count). The van der Waals surface area contributed by atoms with Crippen molar-refractivity contribution in [3.63, 3.8) is 0 Å². The van der Waals surface area contributed by atoms with Crippen LogP contribution < -0.4 is 31.7 Å². The predicted octanol–water partition coefficient (Wildman–Crippen LogP) is -0.629. The average Bonchev–Trinajstić information content (AvgIpc) is 3.10. The predicted molar refractivity (Wildman–Crippen MR) is 109 cm³/mol. The molecule has 0 spiro atoms. The lowest BCUT2D eigenvalue weighted by Gasteiger charge is -2.29. The third-order valence-electron chi connectivity index (χ3n) is 4.31. The van der Waals surface area contributed by atoms with Gasteiger partial charge in [0.1, 0.15) is 11.6 Å². The number of aryl methyl sites for hydroxylation is 1. The Bertz CT molecular complexity index is 1140. The maximum atomic E-state index is 12.4. The zero-order valence-corrected chi connectivity index (χ0v) is 16.7. The van der Waals surface area contributed by atoms with Crippen LogP contribution >= 0.6 is 0 Å². The topological polar surface area (TPSA) is 176 Å². The molecule has 0 fully saturated rings. The minimum atomic E-state index is -3.78. The number of sulfonamides is 1. The molecule has 2 aromatic rings. The van der Waals surface area contributed by atoms with Gasteiger partial charge < -0.3 is 25.8 Å². The number of nitrogens with one attached hydrogen (secondary N) is 5. The van der Waals surface area contributed by atoms with Gasteiger partial charge in [-0.15, -0.1) is 0 Å². The number of nitrogens with zero attached hydrogens (tertiary/aromatic N) is 2. The Morgan fingerprint density at radius 2 is 2.03 bits per heavy atom. The third kappa shape index (κ3) is 4.21. The monoisotopic (exact) mass is 432 g/mol. The minimum absolute atomic E-state index is 0.0847. The summed E-state index contributed by atoms with van der Waals surface area (Å²) in [5.41, 5.74) is 7.31. The van der Waals surface area contributed by atoms with Crippen LogP contribution in [0.2, 0.25) is 0 Å². The van der Waals surface area contributed by atoms with Gasteiger partial charge in [-0.25, -0.2) is 13.4 Å². The molecule has 1 amide bonds. The maximum absolute atomic E-state index is 12.4. The molecular weight excluding hydrogens is 412 g/mol. The fourth-order valence-corrected chi connectivity index (χ4v) is 3.87. The van der Waals surface area contributed by atoms with Crippen molar-refractivity contribution in [1.82, 2.24) is 21.1 Å². The number of rotatable bonds is 6. The Labute approximate surface area is 172 Å². The molecule has 0 saturated heterocycles. The number of carbonyl (C=O) groups excluding carboxylic acids is 1. The van der Waals surface area contributed by atoms with Crippen molar-refractivity contribution in [3.05, 3.63) is 47.6 Å². The van der Waals surface area contributed by atoms with Crippen LogP contribution in [-0.2, 0) is 14.8 Å². The lowest BCUT2D eigenvalue weighted by molar-refractivity contribution is -0.119. The van der Waals surface area contributed by atoms with E-state index >= 15 is 0 Å². The molecule has 12 nitrogen and oxygen atoms in total. The van der Waals surface area contributed by atoms with Gasteiger partial charge in [0.05, 0.1) is 23.7 Å². The Morgan fingerprint density at radius 1 is 1.27 bits per heavy atom. The Hall–Kier alpha value is -3.58. The van der Waals surface area contributed by atoms with E-state index in [1.807, 2.05) is 0 Å². The number of hydrogen-bond acceptors (Lipinski definition) is 10. The van der Waals surface area contributed by atoms with E-state index in [9.17, 15) is 13.2 Å². The van der Waals surface area contributed by atoms with Gasteiger partial charge in [0.2, 0.25) is 0 Å². The zero-order valence-electron chi connectivity index (χ0n) is 15.9. The van der Waals surface area contributed by atoms with Crippen LogP contribution in [0.15, 0.2) is 56.3 Å². The highest BCUT2D eigenvalue weighted by atomic mass is 32.2. The van der Waals surface area contributed by atoms with Gasteiger partial charge in [-0.2, -0.15) is 0 Å². The van der Waals surface area contributed by atoms with Crippen molar-refractivity contribution in [2.45, 2.75) is 18.1 Å². The summed E-state index contributed by atoms with van der Waals surface area (Å²) in [6.07, 6.45) is -0.656. The summed E-state index contributed by atoms with van der Waals surface area (Å²) in [6.45, 7) is 2.47. The molecule has 1 aromatic carbocycles. The second-order valence-electron chi connectivity index (χ2n) is 6.66. The normalized spacial score (nSPS) is 18.5. The number of aromatic nitrogens is 1. The van der Waals surface area contributed by atoms with Gasteiger partial charge in [-0.1, -0.05) is 5.16 Å². The number of aliphatic imine (C=N–C) groups is 1. The van der Waals surface area contributed by atoms with Crippen molar-refractivity contribution < 1.29 is 17.7 Å². The number of benzene rings is 1. The Kier molecular flexibility index (Phi) is 5.05. The van der Waals surface area contributed by atoms with Gasteiger partial charge in [0.25, 0.3) is 15.9 Å². The molecule has 0 saturated carbocycles. The molecule has 2 aliphatic heterocycles. The summed E-state index contributed by atoms with van der Waals surface area (Å²) in [5, 5.41) is 15.3. The first kappa shape index (κ1) is 19.7. The second-order valence-corrected chi connectivity index (χ2v) is 8.34. The molecule has 158 valence electrons. The van der Waals surface area contributed by atoms with E-state index in [4.69, 9.17) is 10.3 Å². The largest absolute Gasteiger partial charge is 0.380 e. The molecule has 0 radical (unpaired) electrons. The van der Waals surface area contributed by atoms with Gasteiger partial charge in [0.15, 0.2) is 17.8 Å². The van der Waals surface area contributed by atoms with Crippen LogP contribution in [0.3, 0.4) is 0 Å². The first-order valence-corrected chi connectivity index (χ1v) is 10.5. The molecule has 1 unspecified atom stereocenters. The maximum Gasteiger partial charge on any atom is 0.276 e. The van der Waals surface area contributed by atoms with Crippen molar-refractivity contribution in [3.8, 4) is 0 Å². The third-order valence-corrected chi connectivity index (χ3v) is 5.68. The SMILES string of the molecule is Cc1cc(NS(=O)(=O)c2ccc(NCC3=NC4=C(NC3)NC(N)NC4=O)cc2)no1. The van der Waals surface area contributed by atoms with Gasteiger partial charge in [0, 0.05) is 11.8 Å². The Morgan fingerprint density at radius 3 is 2.73 bits per heavy atom. The summed E-state index contributed by atoms with van der Waals surface area (Å²) in [6, 6.07) is 7.71. The lowest BCUT2D eigenvalue weighted by atomic mass is 10.2. The van der Waals surface area contributed by atoms with E-state index in [0.29, 0.717) is 36.1 Å². The smallest absolute Gasteiger partial charge is 0.276 e. The Balaban J connectivity index is 1.40. The van der Waals surface area contributed by atoms with E-state index in [-0.39, 0.29) is 22.3 Å². The fraction of sp³-hybridized carbons (Fsp3) is 0.235. The highest BCUT2D eigenvalue weighted by molar-refractivity contribution is 7.92. The van der Waals surface area contributed by atoms with Gasteiger partial charge in [-0.3, -0.25) is 15.3 Å². The van der Waals surface area contributed by atoms with Gasteiger partial charge >= 0.3 is 0 Å². The number of nitrogens with two attached hydrogens (primary N) is 1. The van der Waals surface area contributed by atoms with Crippen molar-refractivity contribution in [2.75, 3.05) is 23.1 Å². The minimum Gasteiger partial charge on any atom is -0.380 e. The fourth-order valence-electron chi connectivity index (χ4n) is 2.88. The van der Waals surface area contributed by atoms with Gasteiger partial charge in [-0.05, 0) is 31.2 Å². The standard InChI is InChI=1S/C17H20N8O4S/c1-9-6-13(24-29-9)25-30(27,28)12-4-2-10(3-5-12)19-7-11-8-20-15-14(21-11)16(26)23-17(18)22-15/h2-6,17,19-20,22H,7-8,18H2,1H3,(H,23,26)(H,24,25). The molecule has 0 bridgehead atoms. The second kappa shape index (κ2) is 7.68. The van der Waals surface area contributed by atoms with Crippen LogP contribution in [0.5, 0.6) is 0 Å². The number of amides is 1. The first-order valence-electron chi connectivity index (χ1n) is 8.98. The van der Waals surface area contributed by atoms with Crippen molar-refractivity contribution in [2.24, 2.45) is 10.7 Å². The molecule has 7 N–H and O–H groups in total. The van der Waals surface area contributed by atoms with E-state index < -0.39 is 16.3 Å². The van der Waals surface area contributed by atoms with Crippen LogP contribution in [0.4, 0.5) is 11.5 Å². The quantitative estimate of drug-likeness (QED) is 0.347. The van der Waals surface area contributed by atoms with Crippen LogP contribution in [-0.4, -0.2) is 44.6 Å². The van der Waals surface area contributed by atoms with E-state index in [0.717, 1.165) is 0 Å². The van der Waals surface area contributed by atoms with Crippen LogP contribution in [0, 0.1) is 6.92 Å². The summed E-state index contributed by atoms with van der Waals surface area (Å²) in [4.78, 5) is 16.4. The molecular formula is C17H20N8O4S. The summed E-state index contributed by atoms with van der Waals surface area (Å²) < 4.78 is 32.0. The van der Waals surface area contributed by atoms with Crippen LogP contribution in [0.25, 0.3) is 0 Å². The molecule has 1 aromatic heterocycles. The summed E-state index contributed by atoms with van der Waals surface area (Å²) in [7, 11) is -3.78. The molecule has 0 aliphatic carbocycles. The van der Waals surface area contributed by atoms with Crippen molar-refractivity contribution in [1.29, 1.82) is 0 Å². The van der Waals surface area contributed by atoms with Crippen LogP contribution in [0.1, 0.15) is 5.76 Å². The molecule has 13 heteroatoms. The van der Waals surface area contributed by atoms with E-state index in [1.165, 1.54) is 18.2 Å². The number of carbonyl (C=O) groups is 1. The molecule has 3 heterocycles. The average molecular weight is 432 g/mol. The van der Waals surface area contributed by atoms with Crippen molar-refractivity contribution >= 4 is 33.1 Å². The molecule has 2 aliphatic rings. The lowest BCUT2D eigenvalue weighted by Crippen LogP contribution is -2.59. The molecule has 1 atom stereocenters. The highest BCUT2D eigenvalue weighted by Gasteiger charge is 2.27.